The van der Waals surface area contributed by atoms with Gasteiger partial charge >= 0.3 is 0 Å². The number of hydrogen-bond donors (Lipinski definition) is 1. The maximum absolute atomic E-state index is 13.8. The number of carbonyl (C=O) groups excluding carboxylic acids is 1. The molecule has 2 aromatic carbocycles. The number of aromatic nitrogens is 3. The molecule has 0 aliphatic heterocycles. The topological polar surface area (TPSA) is 73.0 Å². The predicted octanol–water partition coefficient (Wildman–Crippen LogP) is 3.98. The van der Waals surface area contributed by atoms with Crippen molar-refractivity contribution in [1.82, 2.24) is 14.9 Å². The van der Waals surface area contributed by atoms with Crippen LogP contribution in [0.5, 0.6) is 0 Å². The Morgan fingerprint density at radius 1 is 1.11 bits per heavy atom. The van der Waals surface area contributed by atoms with Gasteiger partial charge in [0.05, 0.1) is 12.1 Å². The van der Waals surface area contributed by atoms with Crippen LogP contribution in [0, 0.1) is 5.82 Å². The van der Waals surface area contributed by atoms with Crippen LogP contribution >= 0.6 is 0 Å². The van der Waals surface area contributed by atoms with E-state index in [-0.39, 0.29) is 17.0 Å². The number of anilines is 1. The minimum atomic E-state index is -0.438. The standard InChI is InChI=1S/C20H15FN4O2/c21-17-8-2-1-7-16(17)19-12-18(24-27-19)20(26)23-15-6-3-5-14(11-15)13-25-10-4-9-22-25/h1-12H,13H2,(H,23,26). The van der Waals surface area contributed by atoms with E-state index in [1.54, 1.807) is 35.1 Å². The molecule has 0 atom stereocenters. The molecule has 7 heteroatoms. The number of halogens is 1. The molecule has 0 saturated carbocycles. The molecule has 6 nitrogen and oxygen atoms in total. The van der Waals surface area contributed by atoms with E-state index in [1.807, 2.05) is 30.5 Å². The Balaban J connectivity index is 1.49. The van der Waals surface area contributed by atoms with Crippen LogP contribution in [0.15, 0.2) is 77.6 Å². The van der Waals surface area contributed by atoms with E-state index in [0.29, 0.717) is 12.2 Å². The fraction of sp³-hybridized carbons (Fsp3) is 0.0500. The van der Waals surface area contributed by atoms with Crippen LogP contribution in [-0.4, -0.2) is 20.8 Å². The van der Waals surface area contributed by atoms with Gasteiger partial charge in [-0.2, -0.15) is 5.10 Å². The molecule has 1 N–H and O–H groups in total. The van der Waals surface area contributed by atoms with Gasteiger partial charge in [-0.1, -0.05) is 29.4 Å². The van der Waals surface area contributed by atoms with Crippen LogP contribution in [0.1, 0.15) is 16.1 Å². The van der Waals surface area contributed by atoms with E-state index in [2.05, 4.69) is 15.6 Å². The second kappa shape index (κ2) is 7.25. The molecular formula is C20H15FN4O2. The summed E-state index contributed by atoms with van der Waals surface area (Å²) in [6.07, 6.45) is 3.58. The van der Waals surface area contributed by atoms with Gasteiger partial charge in [-0.25, -0.2) is 4.39 Å². The number of nitrogens with zero attached hydrogens (tertiary/aromatic N) is 3. The summed E-state index contributed by atoms with van der Waals surface area (Å²) in [5.41, 5.74) is 1.94. The van der Waals surface area contributed by atoms with Crippen LogP contribution in [0.25, 0.3) is 11.3 Å². The first-order valence-electron chi connectivity index (χ1n) is 8.28. The van der Waals surface area contributed by atoms with Crippen LogP contribution in [-0.2, 0) is 6.54 Å². The molecule has 2 aromatic heterocycles. The lowest BCUT2D eigenvalue weighted by molar-refractivity contribution is 0.101. The SMILES string of the molecule is O=C(Nc1cccc(Cn2cccn2)c1)c1cc(-c2ccccc2F)on1. The summed E-state index contributed by atoms with van der Waals surface area (Å²) in [7, 11) is 0. The molecule has 0 saturated heterocycles. The Bertz CT molecular complexity index is 1070. The zero-order chi connectivity index (χ0) is 18.6. The first kappa shape index (κ1) is 16.7. The summed E-state index contributed by atoms with van der Waals surface area (Å²) in [5.74, 6) is -0.671. The van der Waals surface area contributed by atoms with Crippen LogP contribution in [0.4, 0.5) is 10.1 Å². The van der Waals surface area contributed by atoms with Crippen molar-refractivity contribution in [2.45, 2.75) is 6.54 Å². The lowest BCUT2D eigenvalue weighted by atomic mass is 10.1. The van der Waals surface area contributed by atoms with E-state index in [0.717, 1.165) is 5.56 Å². The van der Waals surface area contributed by atoms with E-state index in [1.165, 1.54) is 12.1 Å². The Kier molecular flexibility index (Phi) is 4.49. The fourth-order valence-electron chi connectivity index (χ4n) is 2.69. The van der Waals surface area contributed by atoms with Gasteiger partial charge in [0.2, 0.25) is 0 Å². The Morgan fingerprint density at radius 2 is 2.00 bits per heavy atom. The molecule has 134 valence electrons. The zero-order valence-electron chi connectivity index (χ0n) is 14.2. The summed E-state index contributed by atoms with van der Waals surface area (Å²) in [6.45, 7) is 0.595. The third kappa shape index (κ3) is 3.77. The number of benzene rings is 2. The highest BCUT2D eigenvalue weighted by Gasteiger charge is 2.16. The summed E-state index contributed by atoms with van der Waals surface area (Å²) in [6, 6.07) is 16.9. The molecule has 4 rings (SSSR count). The lowest BCUT2D eigenvalue weighted by Gasteiger charge is -2.06. The molecule has 0 radical (unpaired) electrons. The Morgan fingerprint density at radius 3 is 2.81 bits per heavy atom. The molecule has 2 heterocycles. The summed E-state index contributed by atoms with van der Waals surface area (Å²) >= 11 is 0. The highest BCUT2D eigenvalue weighted by atomic mass is 19.1. The maximum atomic E-state index is 13.8. The van der Waals surface area contributed by atoms with Gasteiger partial charge in [-0.3, -0.25) is 9.48 Å². The van der Waals surface area contributed by atoms with Crippen molar-refractivity contribution >= 4 is 11.6 Å². The van der Waals surface area contributed by atoms with E-state index in [4.69, 9.17) is 4.52 Å². The maximum Gasteiger partial charge on any atom is 0.277 e. The number of rotatable bonds is 5. The highest BCUT2D eigenvalue weighted by Crippen LogP contribution is 2.23. The first-order valence-corrected chi connectivity index (χ1v) is 8.28. The van der Waals surface area contributed by atoms with Gasteiger partial charge < -0.3 is 9.84 Å². The van der Waals surface area contributed by atoms with Crippen molar-refractivity contribution in [2.24, 2.45) is 0 Å². The average molecular weight is 362 g/mol. The second-order valence-electron chi connectivity index (χ2n) is 5.91. The quantitative estimate of drug-likeness (QED) is 0.583. The van der Waals surface area contributed by atoms with Gasteiger partial charge in [0.15, 0.2) is 11.5 Å². The van der Waals surface area contributed by atoms with Gasteiger partial charge in [-0.15, -0.1) is 0 Å². The Labute approximate surface area is 154 Å². The van der Waals surface area contributed by atoms with Gasteiger partial charge in [0.25, 0.3) is 5.91 Å². The fourth-order valence-corrected chi connectivity index (χ4v) is 2.69. The number of nitrogens with one attached hydrogen (secondary N) is 1. The molecule has 1 amide bonds. The first-order chi connectivity index (χ1) is 13.2. The summed E-state index contributed by atoms with van der Waals surface area (Å²) < 4.78 is 20.7. The van der Waals surface area contributed by atoms with E-state index >= 15 is 0 Å². The second-order valence-corrected chi connectivity index (χ2v) is 5.91. The van der Waals surface area contributed by atoms with Gasteiger partial charge in [0, 0.05) is 24.1 Å². The van der Waals surface area contributed by atoms with Crippen molar-refractivity contribution in [1.29, 1.82) is 0 Å². The smallest absolute Gasteiger partial charge is 0.277 e. The molecule has 0 aliphatic carbocycles. The van der Waals surface area contributed by atoms with Crippen molar-refractivity contribution in [3.8, 4) is 11.3 Å². The lowest BCUT2D eigenvalue weighted by Crippen LogP contribution is -2.12. The van der Waals surface area contributed by atoms with Crippen LogP contribution < -0.4 is 5.32 Å². The normalized spacial score (nSPS) is 10.7. The molecule has 27 heavy (non-hydrogen) atoms. The summed E-state index contributed by atoms with van der Waals surface area (Å²) in [4.78, 5) is 12.4. The number of amides is 1. The molecular weight excluding hydrogens is 347 g/mol. The minimum absolute atomic E-state index is 0.0748. The molecule has 0 bridgehead atoms. The van der Waals surface area contributed by atoms with E-state index in [9.17, 15) is 9.18 Å². The van der Waals surface area contributed by atoms with Gasteiger partial charge in [-0.05, 0) is 35.9 Å². The third-order valence-electron chi connectivity index (χ3n) is 3.97. The highest BCUT2D eigenvalue weighted by molar-refractivity contribution is 6.03. The molecule has 4 aromatic rings. The van der Waals surface area contributed by atoms with Crippen molar-refractivity contribution in [3.05, 3.63) is 90.1 Å². The van der Waals surface area contributed by atoms with Crippen molar-refractivity contribution < 1.29 is 13.7 Å². The van der Waals surface area contributed by atoms with Crippen molar-refractivity contribution in [2.75, 3.05) is 5.32 Å². The third-order valence-corrected chi connectivity index (χ3v) is 3.97. The van der Waals surface area contributed by atoms with Gasteiger partial charge in [0.1, 0.15) is 5.82 Å². The molecule has 0 aliphatic rings. The number of hydrogen-bond acceptors (Lipinski definition) is 4. The molecule has 0 fully saturated rings. The number of carbonyl (C=O) groups is 1. The summed E-state index contributed by atoms with van der Waals surface area (Å²) in [5, 5.41) is 10.7. The van der Waals surface area contributed by atoms with Crippen LogP contribution in [0.3, 0.4) is 0 Å². The average Bonchev–Trinajstić information content (AvgIpc) is 3.34. The predicted molar refractivity (Wildman–Crippen MR) is 97.6 cm³/mol. The minimum Gasteiger partial charge on any atom is -0.355 e. The monoisotopic (exact) mass is 362 g/mol. The largest absolute Gasteiger partial charge is 0.355 e. The molecule has 0 unspecified atom stereocenters. The zero-order valence-corrected chi connectivity index (χ0v) is 14.2. The van der Waals surface area contributed by atoms with Crippen LogP contribution in [0.2, 0.25) is 0 Å². The Hall–Kier alpha value is -3.74. The van der Waals surface area contributed by atoms with Crippen molar-refractivity contribution in [3.63, 3.8) is 0 Å². The molecule has 0 spiro atoms. The van der Waals surface area contributed by atoms with E-state index < -0.39 is 11.7 Å².